The fourth-order valence-electron chi connectivity index (χ4n) is 1.88. The number of hydrogen-bond acceptors (Lipinski definition) is 0. The van der Waals surface area contributed by atoms with Crippen LogP contribution < -0.4 is 28.2 Å². The van der Waals surface area contributed by atoms with E-state index in [1.54, 1.807) is 6.49 Å². The molecular formula is C12H15Cl2NZr. The van der Waals surface area contributed by atoms with Crippen molar-refractivity contribution in [3.05, 3.63) is 39.8 Å². The molecule has 2 rings (SSSR count). The van der Waals surface area contributed by atoms with Crippen LogP contribution >= 0.6 is 0 Å². The Kier molecular flexibility index (Phi) is 7.47. The summed E-state index contributed by atoms with van der Waals surface area (Å²) >= 11 is -1.63. The third kappa shape index (κ3) is 3.55. The summed E-state index contributed by atoms with van der Waals surface area (Å²) in [5.41, 5.74) is 0. The molecule has 0 atom stereocenters. The Morgan fingerprint density at radius 2 is 2.06 bits per heavy atom. The molecule has 1 aromatic heterocycles. The molecule has 1 aliphatic rings. The van der Waals surface area contributed by atoms with E-state index in [-0.39, 0.29) is 24.8 Å². The Hall–Kier alpha value is 0.0931. The van der Waals surface area contributed by atoms with Crippen molar-refractivity contribution in [1.82, 2.24) is 4.98 Å². The molecule has 0 saturated heterocycles. The van der Waals surface area contributed by atoms with Gasteiger partial charge >= 0.3 is 93.0 Å². The van der Waals surface area contributed by atoms with Crippen molar-refractivity contribution in [2.75, 3.05) is 0 Å². The second kappa shape index (κ2) is 7.43. The van der Waals surface area contributed by atoms with Gasteiger partial charge in [0.15, 0.2) is 0 Å². The molecule has 4 heteroatoms. The van der Waals surface area contributed by atoms with Gasteiger partial charge in [0, 0.05) is 0 Å². The Morgan fingerprint density at radius 1 is 1.31 bits per heavy atom. The number of aromatic amines is 1. The van der Waals surface area contributed by atoms with Crippen LogP contribution in [-0.2, 0) is 21.3 Å². The van der Waals surface area contributed by atoms with Gasteiger partial charge in [-0.15, -0.1) is 0 Å². The topological polar surface area (TPSA) is 15.8 Å². The number of hydrogen-bond donors (Lipinski definition) is 1. The maximum atomic E-state index is 3.39. The summed E-state index contributed by atoms with van der Waals surface area (Å²) in [6.45, 7) is 4.57. The number of halogens is 2. The van der Waals surface area contributed by atoms with Crippen molar-refractivity contribution >= 4 is 6.61 Å². The van der Waals surface area contributed by atoms with Crippen LogP contribution in [0.1, 0.15) is 20.3 Å². The van der Waals surface area contributed by atoms with Crippen molar-refractivity contribution < 1.29 is 46.1 Å². The zero-order valence-electron chi connectivity index (χ0n) is 9.43. The Bertz CT molecular complexity index is 412. The summed E-state index contributed by atoms with van der Waals surface area (Å²) in [5, 5.41) is 0. The molecule has 16 heavy (non-hydrogen) atoms. The maximum absolute atomic E-state index is 3.39. The molecule has 1 nitrogen and oxygen atoms in total. The SMILES string of the molecule is C[C](C)=[Zr+2]([C]1=CC=CC1)[c]1ccc[nH]1.[Cl-].[Cl-]. The Labute approximate surface area is 117 Å². The van der Waals surface area contributed by atoms with Crippen molar-refractivity contribution in [1.29, 1.82) is 0 Å². The molecule has 86 valence electrons. The Morgan fingerprint density at radius 3 is 2.50 bits per heavy atom. The van der Waals surface area contributed by atoms with Gasteiger partial charge in [-0.1, -0.05) is 0 Å². The summed E-state index contributed by atoms with van der Waals surface area (Å²) in [7, 11) is 0. The maximum Gasteiger partial charge on any atom is -1.00 e. The summed E-state index contributed by atoms with van der Waals surface area (Å²) in [6, 6.07) is 4.36. The molecule has 1 N–H and O–H groups in total. The predicted molar refractivity (Wildman–Crippen MR) is 58.6 cm³/mol. The van der Waals surface area contributed by atoms with E-state index in [1.807, 2.05) is 6.20 Å². The van der Waals surface area contributed by atoms with E-state index in [0.29, 0.717) is 0 Å². The minimum absolute atomic E-state index is 0. The van der Waals surface area contributed by atoms with Crippen LogP contribution in [0.5, 0.6) is 0 Å². The molecule has 0 spiro atoms. The summed E-state index contributed by atoms with van der Waals surface area (Å²) < 4.78 is 4.84. The van der Waals surface area contributed by atoms with Gasteiger partial charge in [-0.3, -0.25) is 0 Å². The predicted octanol–water partition coefficient (Wildman–Crippen LogP) is -3.68. The van der Waals surface area contributed by atoms with E-state index >= 15 is 0 Å². The second-order valence-corrected chi connectivity index (χ2v) is 11.0. The van der Waals surface area contributed by atoms with Crippen LogP contribution in [0.3, 0.4) is 0 Å². The van der Waals surface area contributed by atoms with Crippen LogP contribution in [0.15, 0.2) is 39.8 Å². The first-order valence-corrected chi connectivity index (χ1v) is 8.65. The molecule has 1 aliphatic carbocycles. The van der Waals surface area contributed by atoms with Gasteiger partial charge in [-0.25, -0.2) is 0 Å². The van der Waals surface area contributed by atoms with Crippen LogP contribution in [0.25, 0.3) is 0 Å². The quantitative estimate of drug-likeness (QED) is 0.573. The van der Waals surface area contributed by atoms with Crippen LogP contribution in [-0.4, -0.2) is 8.19 Å². The van der Waals surface area contributed by atoms with Gasteiger partial charge in [-0.05, 0) is 0 Å². The molecule has 1 heterocycles. The van der Waals surface area contributed by atoms with E-state index in [2.05, 4.69) is 49.2 Å². The molecule has 0 aromatic carbocycles. The van der Waals surface area contributed by atoms with Crippen LogP contribution in [0, 0.1) is 0 Å². The fourth-order valence-corrected chi connectivity index (χ4v) is 8.28. The summed E-state index contributed by atoms with van der Waals surface area (Å²) in [6.07, 6.45) is 10.0. The smallest absolute Gasteiger partial charge is 1.00 e. The van der Waals surface area contributed by atoms with Crippen molar-refractivity contribution in [3.8, 4) is 0 Å². The van der Waals surface area contributed by atoms with Gasteiger partial charge in [0.05, 0.1) is 0 Å². The van der Waals surface area contributed by atoms with Crippen molar-refractivity contribution in [2.24, 2.45) is 0 Å². The zero-order chi connectivity index (χ0) is 9.97. The third-order valence-corrected chi connectivity index (χ3v) is 9.50. The van der Waals surface area contributed by atoms with Crippen molar-refractivity contribution in [3.63, 3.8) is 0 Å². The van der Waals surface area contributed by atoms with E-state index in [9.17, 15) is 0 Å². The molecule has 0 aliphatic heterocycles. The fraction of sp³-hybridized carbons (Fsp3) is 0.250. The molecule has 0 fully saturated rings. The molecule has 0 saturated carbocycles. The first kappa shape index (κ1) is 16.1. The van der Waals surface area contributed by atoms with E-state index in [1.165, 1.54) is 9.82 Å². The molecule has 1 aromatic rings. The molecule has 0 radical (unpaired) electrons. The zero-order valence-corrected chi connectivity index (χ0v) is 13.4. The first-order chi connectivity index (χ1) is 6.79. The monoisotopic (exact) mass is 333 g/mol. The largest absolute Gasteiger partial charge is 1.00 e. The summed E-state index contributed by atoms with van der Waals surface area (Å²) in [4.78, 5) is 3.39. The van der Waals surface area contributed by atoms with Crippen molar-refractivity contribution in [2.45, 2.75) is 20.3 Å². The molecule has 0 amide bonds. The van der Waals surface area contributed by atoms with Gasteiger partial charge in [0.1, 0.15) is 0 Å². The minimum Gasteiger partial charge on any atom is -1.00 e. The van der Waals surface area contributed by atoms with E-state index in [4.69, 9.17) is 0 Å². The second-order valence-electron chi connectivity index (χ2n) is 3.78. The Balaban J connectivity index is 0.00000112. The van der Waals surface area contributed by atoms with E-state index in [0.717, 1.165) is 0 Å². The number of H-pyrrole nitrogens is 1. The number of aromatic nitrogens is 1. The number of nitrogens with one attached hydrogen (secondary N) is 1. The van der Waals surface area contributed by atoms with Crippen LogP contribution in [0.2, 0.25) is 0 Å². The standard InChI is InChI=1S/C5H5.C4H4N.C3H6.2ClH.Zr/c2*1-2-4-5-3-1;1-3-2;;;/h1-3H,4H2;1-3,5H;1-2H3;2*1H;/q;;;;;+2/p-2. The van der Waals surface area contributed by atoms with E-state index < -0.39 is 21.3 Å². The first-order valence-electron chi connectivity index (χ1n) is 4.96. The van der Waals surface area contributed by atoms with Gasteiger partial charge in [0.2, 0.25) is 0 Å². The number of allylic oxidation sites excluding steroid dienone is 4. The molecule has 0 bridgehead atoms. The van der Waals surface area contributed by atoms with Gasteiger partial charge < -0.3 is 24.8 Å². The van der Waals surface area contributed by atoms with Gasteiger partial charge in [0.25, 0.3) is 0 Å². The average molecular weight is 335 g/mol. The molecule has 0 unspecified atom stereocenters. The number of rotatable bonds is 2. The van der Waals surface area contributed by atoms with Gasteiger partial charge in [-0.2, -0.15) is 0 Å². The minimum atomic E-state index is -1.63. The average Bonchev–Trinajstić information content (AvgIpc) is 2.75. The normalized spacial score (nSPS) is 11.9. The molecular weight excluding hydrogens is 320 g/mol. The summed E-state index contributed by atoms with van der Waals surface area (Å²) in [5.74, 6) is 0. The van der Waals surface area contributed by atoms with Crippen LogP contribution in [0.4, 0.5) is 0 Å². The third-order valence-electron chi connectivity index (χ3n) is 2.46.